The smallest absolute Gasteiger partial charge is 0.154 e. The van der Waals surface area contributed by atoms with E-state index >= 15 is 0 Å². The second-order valence-electron chi connectivity index (χ2n) is 3.97. The Morgan fingerprint density at radius 2 is 1.94 bits per heavy atom. The van der Waals surface area contributed by atoms with E-state index in [4.69, 9.17) is 0 Å². The molecule has 0 bridgehead atoms. The van der Waals surface area contributed by atoms with E-state index in [0.29, 0.717) is 6.54 Å². The van der Waals surface area contributed by atoms with E-state index in [1.54, 1.807) is 13.8 Å². The van der Waals surface area contributed by atoms with Crippen LogP contribution in [0.1, 0.15) is 13.8 Å². The second-order valence-corrected chi connectivity index (χ2v) is 8.41. The van der Waals surface area contributed by atoms with Crippen molar-refractivity contribution in [3.05, 3.63) is 27.1 Å². The summed E-state index contributed by atoms with van der Waals surface area (Å²) in [6, 6.07) is 5.72. The van der Waals surface area contributed by atoms with Crippen LogP contribution in [0.15, 0.2) is 27.1 Å². The first-order chi connectivity index (χ1) is 7.83. The van der Waals surface area contributed by atoms with E-state index in [1.165, 1.54) is 0 Å². The van der Waals surface area contributed by atoms with Gasteiger partial charge in [0.05, 0.1) is 11.0 Å². The molecule has 0 aliphatic heterocycles. The maximum absolute atomic E-state index is 11.6. The first kappa shape index (κ1) is 15.0. The average molecular weight is 385 g/mol. The lowest BCUT2D eigenvalue weighted by Gasteiger charge is -2.11. The summed E-state index contributed by atoms with van der Waals surface area (Å²) < 4.78 is 25.1. The topological polar surface area (TPSA) is 46.2 Å². The largest absolute Gasteiger partial charge is 0.383 e. The van der Waals surface area contributed by atoms with Crippen LogP contribution < -0.4 is 5.32 Å². The van der Waals surface area contributed by atoms with Crippen molar-refractivity contribution in [1.82, 2.24) is 0 Å². The zero-order valence-electron chi connectivity index (χ0n) is 9.70. The van der Waals surface area contributed by atoms with Gasteiger partial charge >= 0.3 is 0 Å². The van der Waals surface area contributed by atoms with Gasteiger partial charge in [-0.1, -0.05) is 15.9 Å². The third kappa shape index (κ3) is 4.60. The van der Waals surface area contributed by atoms with E-state index in [1.807, 2.05) is 18.2 Å². The Morgan fingerprint density at radius 1 is 1.29 bits per heavy atom. The van der Waals surface area contributed by atoms with Crippen LogP contribution in [0.25, 0.3) is 0 Å². The normalized spacial score (nSPS) is 11.8. The Bertz CT molecular complexity index is 486. The lowest BCUT2D eigenvalue weighted by Crippen LogP contribution is -2.23. The molecule has 0 saturated carbocycles. The van der Waals surface area contributed by atoms with Crippen molar-refractivity contribution >= 4 is 47.4 Å². The predicted octanol–water partition coefficient (Wildman–Crippen LogP) is 3.45. The molecule has 0 aliphatic rings. The van der Waals surface area contributed by atoms with Gasteiger partial charge in [0, 0.05) is 21.2 Å². The Hall–Kier alpha value is -0.0700. The number of sulfone groups is 1. The van der Waals surface area contributed by atoms with Gasteiger partial charge in [-0.15, -0.1) is 0 Å². The van der Waals surface area contributed by atoms with Crippen molar-refractivity contribution in [3.63, 3.8) is 0 Å². The van der Waals surface area contributed by atoms with Crippen LogP contribution in [0.4, 0.5) is 5.69 Å². The fraction of sp³-hybridized carbons (Fsp3) is 0.455. The standard InChI is InChI=1S/C11H15Br2NO2S/c1-8(2)17(15,16)6-5-14-11-4-3-9(12)7-10(11)13/h3-4,7-8,14H,5-6H2,1-2H3. The maximum atomic E-state index is 11.6. The quantitative estimate of drug-likeness (QED) is 0.845. The van der Waals surface area contributed by atoms with Gasteiger partial charge in [0.25, 0.3) is 0 Å². The van der Waals surface area contributed by atoms with Crippen LogP contribution in [0.2, 0.25) is 0 Å². The average Bonchev–Trinajstić information content (AvgIpc) is 2.21. The van der Waals surface area contributed by atoms with Gasteiger partial charge in [0.15, 0.2) is 9.84 Å². The molecule has 0 unspecified atom stereocenters. The van der Waals surface area contributed by atoms with E-state index in [9.17, 15) is 8.42 Å². The summed E-state index contributed by atoms with van der Waals surface area (Å²) >= 11 is 6.78. The van der Waals surface area contributed by atoms with Gasteiger partial charge in [0.1, 0.15) is 0 Å². The minimum Gasteiger partial charge on any atom is -0.383 e. The highest BCUT2D eigenvalue weighted by Crippen LogP contribution is 2.25. The molecule has 1 aromatic carbocycles. The lowest BCUT2D eigenvalue weighted by atomic mass is 10.3. The number of anilines is 1. The monoisotopic (exact) mass is 383 g/mol. The van der Waals surface area contributed by atoms with Crippen molar-refractivity contribution < 1.29 is 8.42 Å². The molecule has 0 atom stereocenters. The van der Waals surface area contributed by atoms with Gasteiger partial charge in [-0.05, 0) is 48.0 Å². The number of benzene rings is 1. The molecule has 0 saturated heterocycles. The van der Waals surface area contributed by atoms with Crippen LogP contribution in [-0.2, 0) is 9.84 Å². The minimum atomic E-state index is -2.98. The molecular weight excluding hydrogens is 370 g/mol. The fourth-order valence-electron chi connectivity index (χ4n) is 1.20. The van der Waals surface area contributed by atoms with Crippen LogP contribution >= 0.6 is 31.9 Å². The second kappa shape index (κ2) is 6.20. The maximum Gasteiger partial charge on any atom is 0.154 e. The van der Waals surface area contributed by atoms with Gasteiger partial charge in [0.2, 0.25) is 0 Å². The molecule has 1 aromatic rings. The number of hydrogen-bond acceptors (Lipinski definition) is 3. The summed E-state index contributed by atoms with van der Waals surface area (Å²) in [6.45, 7) is 3.82. The molecule has 0 aromatic heterocycles. The SMILES string of the molecule is CC(C)S(=O)(=O)CCNc1ccc(Br)cc1Br. The van der Waals surface area contributed by atoms with Crippen molar-refractivity contribution in [2.45, 2.75) is 19.1 Å². The molecule has 0 spiro atoms. The Balaban J connectivity index is 2.58. The Labute approximate surface area is 119 Å². The number of hydrogen-bond donors (Lipinski definition) is 1. The highest BCUT2D eigenvalue weighted by Gasteiger charge is 2.15. The molecular formula is C11H15Br2NO2S. The molecule has 0 amide bonds. The zero-order valence-corrected chi connectivity index (χ0v) is 13.7. The van der Waals surface area contributed by atoms with E-state index in [0.717, 1.165) is 14.6 Å². The van der Waals surface area contributed by atoms with Gasteiger partial charge in [-0.25, -0.2) is 8.42 Å². The van der Waals surface area contributed by atoms with Crippen molar-refractivity contribution in [2.24, 2.45) is 0 Å². The zero-order chi connectivity index (χ0) is 13.1. The molecule has 3 nitrogen and oxygen atoms in total. The van der Waals surface area contributed by atoms with E-state index < -0.39 is 9.84 Å². The molecule has 17 heavy (non-hydrogen) atoms. The first-order valence-corrected chi connectivity index (χ1v) is 8.53. The minimum absolute atomic E-state index is 0.146. The number of halogens is 2. The molecule has 6 heteroatoms. The lowest BCUT2D eigenvalue weighted by molar-refractivity contribution is 0.588. The number of nitrogens with one attached hydrogen (secondary N) is 1. The summed E-state index contributed by atoms with van der Waals surface area (Å²) in [5, 5.41) is 2.78. The van der Waals surface area contributed by atoms with Crippen molar-refractivity contribution in [2.75, 3.05) is 17.6 Å². The first-order valence-electron chi connectivity index (χ1n) is 5.23. The van der Waals surface area contributed by atoms with Crippen LogP contribution in [0, 0.1) is 0 Å². The summed E-state index contributed by atoms with van der Waals surface area (Å²) in [7, 11) is -2.98. The Kier molecular flexibility index (Phi) is 5.47. The molecule has 0 fully saturated rings. The highest BCUT2D eigenvalue weighted by molar-refractivity contribution is 9.11. The van der Waals surface area contributed by atoms with E-state index in [2.05, 4.69) is 37.2 Å². The Morgan fingerprint density at radius 3 is 2.47 bits per heavy atom. The van der Waals surface area contributed by atoms with Crippen LogP contribution in [0.3, 0.4) is 0 Å². The summed E-state index contributed by atoms with van der Waals surface area (Å²) in [4.78, 5) is 0. The van der Waals surface area contributed by atoms with Crippen molar-refractivity contribution in [3.8, 4) is 0 Å². The number of rotatable bonds is 5. The third-order valence-corrected chi connectivity index (χ3v) is 5.71. The van der Waals surface area contributed by atoms with Crippen LogP contribution in [-0.4, -0.2) is 26.0 Å². The molecule has 0 heterocycles. The summed E-state index contributed by atoms with van der Waals surface area (Å²) in [6.07, 6.45) is 0. The van der Waals surface area contributed by atoms with Crippen LogP contribution in [0.5, 0.6) is 0 Å². The van der Waals surface area contributed by atoms with E-state index in [-0.39, 0.29) is 11.0 Å². The molecule has 1 N–H and O–H groups in total. The molecule has 0 radical (unpaired) electrons. The molecule has 1 rings (SSSR count). The highest BCUT2D eigenvalue weighted by atomic mass is 79.9. The van der Waals surface area contributed by atoms with Gasteiger partial charge in [-0.2, -0.15) is 0 Å². The van der Waals surface area contributed by atoms with Crippen molar-refractivity contribution in [1.29, 1.82) is 0 Å². The third-order valence-electron chi connectivity index (χ3n) is 2.35. The summed E-state index contributed by atoms with van der Waals surface area (Å²) in [5.74, 6) is 0.146. The summed E-state index contributed by atoms with van der Waals surface area (Å²) in [5.41, 5.74) is 0.896. The van der Waals surface area contributed by atoms with Gasteiger partial charge in [-0.3, -0.25) is 0 Å². The van der Waals surface area contributed by atoms with Gasteiger partial charge < -0.3 is 5.32 Å². The molecule has 96 valence electrons. The fourth-order valence-corrected chi connectivity index (χ4v) is 3.24. The molecule has 0 aliphatic carbocycles. The predicted molar refractivity (Wildman–Crippen MR) is 79.3 cm³/mol.